The fourth-order valence-electron chi connectivity index (χ4n) is 3.31. The van der Waals surface area contributed by atoms with Crippen LogP contribution in [0.25, 0.3) is 0 Å². The van der Waals surface area contributed by atoms with Crippen LogP contribution in [0.5, 0.6) is 0 Å². The maximum Gasteiger partial charge on any atom is 0.321 e. The molecule has 2 aromatic rings. The molecule has 2 amide bonds. The lowest BCUT2D eigenvalue weighted by atomic mass is 9.89. The van der Waals surface area contributed by atoms with Crippen molar-refractivity contribution >= 4 is 29.0 Å². The lowest BCUT2D eigenvalue weighted by molar-refractivity contribution is 0.194. The number of benzene rings is 1. The molecular formula is C21H24ClN4O. The Labute approximate surface area is 165 Å². The number of amides is 2. The van der Waals surface area contributed by atoms with Crippen LogP contribution in [0.1, 0.15) is 43.4 Å². The number of urea groups is 1. The first-order valence-electron chi connectivity index (χ1n) is 9.20. The predicted octanol–water partition coefficient (Wildman–Crippen LogP) is 5.13. The maximum atomic E-state index is 12.5. The van der Waals surface area contributed by atoms with Crippen molar-refractivity contribution in [3.05, 3.63) is 65.3 Å². The van der Waals surface area contributed by atoms with E-state index in [-0.39, 0.29) is 6.03 Å². The smallest absolute Gasteiger partial charge is 0.321 e. The first-order chi connectivity index (χ1) is 13.1. The SMILES string of the molecule is C[CH]CC(=N)c1ccc(NC(=O)N2CCC(c3ccc(Cl)cc3)CC2)cn1. The molecule has 1 saturated heterocycles. The molecule has 141 valence electrons. The number of anilines is 1. The Morgan fingerprint density at radius 2 is 1.96 bits per heavy atom. The van der Waals surface area contributed by atoms with Gasteiger partial charge in [-0.15, -0.1) is 0 Å². The number of aromatic nitrogens is 1. The minimum Gasteiger partial charge on any atom is -0.324 e. The van der Waals surface area contributed by atoms with Crippen LogP contribution in [0, 0.1) is 11.8 Å². The first-order valence-corrected chi connectivity index (χ1v) is 9.57. The van der Waals surface area contributed by atoms with Crippen LogP contribution in [-0.2, 0) is 0 Å². The lowest BCUT2D eigenvalue weighted by Crippen LogP contribution is -2.40. The zero-order valence-corrected chi connectivity index (χ0v) is 16.2. The number of piperidine rings is 1. The van der Waals surface area contributed by atoms with E-state index >= 15 is 0 Å². The van der Waals surface area contributed by atoms with Gasteiger partial charge >= 0.3 is 6.03 Å². The van der Waals surface area contributed by atoms with Crippen molar-refractivity contribution in [3.63, 3.8) is 0 Å². The Morgan fingerprint density at radius 3 is 2.56 bits per heavy atom. The first kappa shape index (κ1) is 19.4. The van der Waals surface area contributed by atoms with Crippen LogP contribution in [0.15, 0.2) is 42.6 Å². The van der Waals surface area contributed by atoms with Crippen LogP contribution >= 0.6 is 11.6 Å². The van der Waals surface area contributed by atoms with Crippen LogP contribution < -0.4 is 5.32 Å². The van der Waals surface area contributed by atoms with Gasteiger partial charge in [0.05, 0.1) is 23.3 Å². The Hall–Kier alpha value is -2.40. The molecule has 0 spiro atoms. The fourth-order valence-corrected chi connectivity index (χ4v) is 3.43. The van der Waals surface area contributed by atoms with Gasteiger partial charge in [-0.2, -0.15) is 0 Å². The van der Waals surface area contributed by atoms with E-state index < -0.39 is 0 Å². The Kier molecular flexibility index (Phi) is 6.45. The van der Waals surface area contributed by atoms with Gasteiger partial charge < -0.3 is 15.6 Å². The number of likely N-dealkylation sites (tertiary alicyclic amines) is 1. The zero-order valence-electron chi connectivity index (χ0n) is 15.4. The lowest BCUT2D eigenvalue weighted by Gasteiger charge is -2.32. The number of rotatable bonds is 5. The molecule has 27 heavy (non-hydrogen) atoms. The summed E-state index contributed by atoms with van der Waals surface area (Å²) in [5, 5.41) is 11.6. The molecule has 0 atom stereocenters. The van der Waals surface area contributed by atoms with E-state index in [0.29, 0.717) is 29.4 Å². The molecule has 1 fully saturated rings. The molecule has 1 aliphatic rings. The van der Waals surface area contributed by atoms with Crippen molar-refractivity contribution < 1.29 is 4.79 Å². The second kappa shape index (κ2) is 9.00. The van der Waals surface area contributed by atoms with Gasteiger partial charge in [0.1, 0.15) is 0 Å². The molecule has 1 aliphatic heterocycles. The quantitative estimate of drug-likeness (QED) is 0.703. The minimum absolute atomic E-state index is 0.101. The second-order valence-electron chi connectivity index (χ2n) is 6.77. The van der Waals surface area contributed by atoms with Crippen molar-refractivity contribution in [1.82, 2.24) is 9.88 Å². The highest BCUT2D eigenvalue weighted by Crippen LogP contribution is 2.29. The molecule has 0 saturated carbocycles. The molecule has 0 unspecified atom stereocenters. The van der Waals surface area contributed by atoms with Crippen molar-refractivity contribution in [2.45, 2.75) is 32.1 Å². The average molecular weight is 384 g/mol. The highest BCUT2D eigenvalue weighted by atomic mass is 35.5. The van der Waals surface area contributed by atoms with E-state index in [1.807, 2.05) is 30.4 Å². The van der Waals surface area contributed by atoms with Crippen molar-refractivity contribution in [1.29, 1.82) is 5.41 Å². The largest absolute Gasteiger partial charge is 0.324 e. The summed E-state index contributed by atoms with van der Waals surface area (Å²) in [6.07, 6.45) is 6.00. The summed E-state index contributed by atoms with van der Waals surface area (Å²) >= 11 is 5.96. The van der Waals surface area contributed by atoms with Gasteiger partial charge in [-0.3, -0.25) is 4.98 Å². The molecule has 0 bridgehead atoms. The third-order valence-electron chi connectivity index (χ3n) is 4.86. The van der Waals surface area contributed by atoms with E-state index in [9.17, 15) is 4.79 Å². The van der Waals surface area contributed by atoms with Crippen molar-refractivity contribution in [2.75, 3.05) is 18.4 Å². The molecule has 1 radical (unpaired) electrons. The highest BCUT2D eigenvalue weighted by Gasteiger charge is 2.23. The minimum atomic E-state index is -0.101. The number of nitrogens with one attached hydrogen (secondary N) is 2. The number of carbonyl (C=O) groups excluding carboxylic acids is 1. The third kappa shape index (κ3) is 5.07. The molecule has 2 heterocycles. The summed E-state index contributed by atoms with van der Waals surface area (Å²) in [6.45, 7) is 3.36. The van der Waals surface area contributed by atoms with Gasteiger partial charge in [-0.25, -0.2) is 4.79 Å². The van der Waals surface area contributed by atoms with E-state index in [0.717, 1.165) is 31.0 Å². The zero-order chi connectivity index (χ0) is 19.2. The molecule has 0 aliphatic carbocycles. The molecule has 6 heteroatoms. The van der Waals surface area contributed by atoms with E-state index in [2.05, 4.69) is 22.4 Å². The van der Waals surface area contributed by atoms with E-state index in [4.69, 9.17) is 17.0 Å². The van der Waals surface area contributed by atoms with E-state index in [1.165, 1.54) is 5.56 Å². The molecule has 2 N–H and O–H groups in total. The maximum absolute atomic E-state index is 12.5. The molecule has 5 nitrogen and oxygen atoms in total. The third-order valence-corrected chi connectivity index (χ3v) is 5.11. The number of pyridine rings is 1. The standard InChI is InChI=1S/C21H24ClN4O/c1-2-3-19(23)20-9-8-18(14-24-20)25-21(27)26-12-10-16(11-13-26)15-4-6-17(22)7-5-15/h2,4-9,14,16,23H,3,10-13H2,1H3,(H,25,27). The Balaban J connectivity index is 1.52. The van der Waals surface area contributed by atoms with Crippen LogP contribution in [0.4, 0.5) is 10.5 Å². The summed E-state index contributed by atoms with van der Waals surface area (Å²) in [5.74, 6) is 0.466. The number of halogens is 1. The number of hydrogen-bond acceptors (Lipinski definition) is 3. The van der Waals surface area contributed by atoms with Gasteiger partial charge in [0.15, 0.2) is 0 Å². The Morgan fingerprint density at radius 1 is 1.26 bits per heavy atom. The van der Waals surface area contributed by atoms with Gasteiger partial charge in [0.25, 0.3) is 0 Å². The van der Waals surface area contributed by atoms with Gasteiger partial charge in [-0.1, -0.05) is 30.7 Å². The second-order valence-corrected chi connectivity index (χ2v) is 7.20. The highest BCUT2D eigenvalue weighted by molar-refractivity contribution is 6.30. The van der Waals surface area contributed by atoms with Gasteiger partial charge in [0, 0.05) is 18.1 Å². The molecular weight excluding hydrogens is 360 g/mol. The van der Waals surface area contributed by atoms with Crippen LogP contribution in [-0.4, -0.2) is 34.7 Å². The summed E-state index contributed by atoms with van der Waals surface area (Å²) in [7, 11) is 0. The summed E-state index contributed by atoms with van der Waals surface area (Å²) in [6, 6.07) is 11.5. The Bertz CT molecular complexity index is 781. The number of nitrogens with zero attached hydrogens (tertiary/aromatic N) is 2. The van der Waals surface area contributed by atoms with Crippen LogP contribution in [0.2, 0.25) is 5.02 Å². The van der Waals surface area contributed by atoms with Gasteiger partial charge in [-0.05, 0) is 61.4 Å². The van der Waals surface area contributed by atoms with Crippen molar-refractivity contribution in [3.8, 4) is 0 Å². The summed E-state index contributed by atoms with van der Waals surface area (Å²) in [4.78, 5) is 18.6. The molecule has 3 rings (SSSR count). The average Bonchev–Trinajstić information content (AvgIpc) is 2.69. The fraction of sp³-hybridized carbons (Fsp3) is 0.333. The summed E-state index contributed by atoms with van der Waals surface area (Å²) in [5.41, 5.74) is 3.04. The topological polar surface area (TPSA) is 69.1 Å². The molecule has 1 aromatic heterocycles. The van der Waals surface area contributed by atoms with Crippen LogP contribution in [0.3, 0.4) is 0 Å². The van der Waals surface area contributed by atoms with Gasteiger partial charge in [0.2, 0.25) is 0 Å². The summed E-state index contributed by atoms with van der Waals surface area (Å²) < 4.78 is 0. The van der Waals surface area contributed by atoms with Crippen molar-refractivity contribution in [2.24, 2.45) is 0 Å². The number of carbonyl (C=O) groups is 1. The van der Waals surface area contributed by atoms with E-state index in [1.54, 1.807) is 18.3 Å². The molecule has 1 aromatic carbocycles. The predicted molar refractivity (Wildman–Crippen MR) is 110 cm³/mol. The number of hydrogen-bond donors (Lipinski definition) is 2. The monoisotopic (exact) mass is 383 g/mol. The normalized spacial score (nSPS) is 14.8.